The van der Waals surface area contributed by atoms with E-state index in [2.05, 4.69) is 9.97 Å². The molecule has 0 unspecified atom stereocenters. The second-order valence-corrected chi connectivity index (χ2v) is 7.27. The normalized spacial score (nSPS) is 12.8. The number of fused-ring (bicyclic) bond motifs is 2. The first kappa shape index (κ1) is 18.4. The number of aromatic nitrogens is 3. The van der Waals surface area contributed by atoms with Gasteiger partial charge in [0.1, 0.15) is 18.9 Å². The molecule has 150 valence electrons. The van der Waals surface area contributed by atoms with Crippen LogP contribution in [0.25, 0.3) is 22.2 Å². The maximum atomic E-state index is 12.7. The van der Waals surface area contributed by atoms with E-state index in [4.69, 9.17) is 21.1 Å². The Morgan fingerprint density at radius 2 is 1.80 bits per heavy atom. The summed E-state index contributed by atoms with van der Waals surface area (Å²) in [6.45, 7) is 1.19. The van der Waals surface area contributed by atoms with Crippen LogP contribution in [0.15, 0.2) is 64.3 Å². The molecule has 3 heterocycles. The van der Waals surface area contributed by atoms with Gasteiger partial charge in [-0.25, -0.2) is 9.78 Å². The molecule has 0 amide bonds. The first-order chi connectivity index (χ1) is 14.6. The molecular weight excluding hydrogens is 406 g/mol. The minimum atomic E-state index is -0.536. The van der Waals surface area contributed by atoms with Gasteiger partial charge < -0.3 is 9.47 Å². The molecule has 0 aliphatic carbocycles. The SMILES string of the molecule is O=c1[nH]c(=O)n(Cc2ccc3c(c2)OCCO3)c2nccc(-c3ccccc3Cl)c12. The van der Waals surface area contributed by atoms with Gasteiger partial charge >= 0.3 is 5.69 Å². The molecule has 4 aromatic rings. The fraction of sp³-hybridized carbons (Fsp3) is 0.136. The van der Waals surface area contributed by atoms with E-state index in [1.807, 2.05) is 36.4 Å². The van der Waals surface area contributed by atoms with Crippen molar-refractivity contribution in [2.75, 3.05) is 13.2 Å². The predicted molar refractivity (Wildman–Crippen MR) is 114 cm³/mol. The minimum Gasteiger partial charge on any atom is -0.486 e. The van der Waals surface area contributed by atoms with Crippen LogP contribution in [0.4, 0.5) is 0 Å². The second-order valence-electron chi connectivity index (χ2n) is 6.86. The monoisotopic (exact) mass is 421 g/mol. The lowest BCUT2D eigenvalue weighted by Gasteiger charge is -2.19. The number of nitrogens with zero attached hydrogens (tertiary/aromatic N) is 2. The van der Waals surface area contributed by atoms with Crippen molar-refractivity contribution in [3.63, 3.8) is 0 Å². The minimum absolute atomic E-state index is 0.210. The van der Waals surface area contributed by atoms with Crippen molar-refractivity contribution >= 4 is 22.6 Å². The third-order valence-electron chi connectivity index (χ3n) is 4.99. The number of hydrogen-bond donors (Lipinski definition) is 1. The number of benzene rings is 2. The van der Waals surface area contributed by atoms with E-state index in [9.17, 15) is 9.59 Å². The van der Waals surface area contributed by atoms with Gasteiger partial charge in [0.2, 0.25) is 0 Å². The Balaban J connectivity index is 1.68. The number of nitrogens with one attached hydrogen (secondary N) is 1. The molecule has 0 spiro atoms. The Hall–Kier alpha value is -3.58. The maximum absolute atomic E-state index is 12.7. The van der Waals surface area contributed by atoms with Gasteiger partial charge in [0.15, 0.2) is 11.5 Å². The quantitative estimate of drug-likeness (QED) is 0.549. The van der Waals surface area contributed by atoms with Crippen molar-refractivity contribution in [2.45, 2.75) is 6.54 Å². The number of rotatable bonds is 3. The Morgan fingerprint density at radius 3 is 2.63 bits per heavy atom. The van der Waals surface area contributed by atoms with Gasteiger partial charge in [-0.3, -0.25) is 14.3 Å². The summed E-state index contributed by atoms with van der Waals surface area (Å²) in [6.07, 6.45) is 1.57. The Labute approximate surface area is 175 Å². The highest BCUT2D eigenvalue weighted by Crippen LogP contribution is 2.32. The third kappa shape index (κ3) is 3.13. The van der Waals surface area contributed by atoms with Crippen molar-refractivity contribution in [2.24, 2.45) is 0 Å². The maximum Gasteiger partial charge on any atom is 0.330 e. The summed E-state index contributed by atoms with van der Waals surface area (Å²) in [5, 5.41) is 0.816. The number of H-pyrrole nitrogens is 1. The molecule has 0 fully saturated rings. The lowest BCUT2D eigenvalue weighted by Crippen LogP contribution is -2.31. The van der Waals surface area contributed by atoms with Crippen LogP contribution in [0.1, 0.15) is 5.56 Å². The third-order valence-corrected chi connectivity index (χ3v) is 5.32. The van der Waals surface area contributed by atoms with Crippen LogP contribution in [-0.2, 0) is 6.54 Å². The Morgan fingerprint density at radius 1 is 1.00 bits per heavy atom. The number of hydrogen-bond acceptors (Lipinski definition) is 5. The van der Waals surface area contributed by atoms with Crippen LogP contribution < -0.4 is 20.7 Å². The fourth-order valence-corrected chi connectivity index (χ4v) is 3.86. The highest BCUT2D eigenvalue weighted by molar-refractivity contribution is 6.33. The summed E-state index contributed by atoms with van der Waals surface area (Å²) in [4.78, 5) is 32.1. The van der Waals surface area contributed by atoms with E-state index in [1.54, 1.807) is 18.3 Å². The summed E-state index contributed by atoms with van der Waals surface area (Å²) in [6, 6.07) is 14.5. The van der Waals surface area contributed by atoms with E-state index in [0.29, 0.717) is 46.2 Å². The Bertz CT molecular complexity index is 1390. The van der Waals surface area contributed by atoms with E-state index < -0.39 is 11.2 Å². The molecule has 0 saturated heterocycles. The zero-order valence-electron chi connectivity index (χ0n) is 15.7. The van der Waals surface area contributed by atoms with Crippen molar-refractivity contribution in [3.8, 4) is 22.6 Å². The largest absolute Gasteiger partial charge is 0.486 e. The Kier molecular flexibility index (Phi) is 4.52. The van der Waals surface area contributed by atoms with Gasteiger partial charge in [-0.05, 0) is 29.8 Å². The van der Waals surface area contributed by atoms with Crippen LogP contribution >= 0.6 is 11.6 Å². The standard InChI is InChI=1S/C22H16ClN3O4/c23-16-4-2-1-3-14(16)15-7-8-24-20-19(15)21(27)25-22(28)26(20)12-13-5-6-17-18(11-13)30-10-9-29-17/h1-8,11H,9-10,12H2,(H,25,27,28). The molecule has 0 bridgehead atoms. The van der Waals surface area contributed by atoms with Gasteiger partial charge in [0.25, 0.3) is 5.56 Å². The van der Waals surface area contributed by atoms with Gasteiger partial charge in [-0.15, -0.1) is 0 Å². The number of halogens is 1. The van der Waals surface area contributed by atoms with Crippen molar-refractivity contribution in [3.05, 3.63) is 86.2 Å². The van der Waals surface area contributed by atoms with Crippen LogP contribution in [-0.4, -0.2) is 27.7 Å². The zero-order valence-corrected chi connectivity index (χ0v) is 16.5. The number of aromatic amines is 1. The highest BCUT2D eigenvalue weighted by Gasteiger charge is 2.17. The topological polar surface area (TPSA) is 86.2 Å². The molecule has 30 heavy (non-hydrogen) atoms. The number of pyridine rings is 1. The van der Waals surface area contributed by atoms with Crippen molar-refractivity contribution in [1.82, 2.24) is 14.5 Å². The molecule has 2 aromatic carbocycles. The highest BCUT2D eigenvalue weighted by atomic mass is 35.5. The van der Waals surface area contributed by atoms with Crippen LogP contribution in [0.3, 0.4) is 0 Å². The first-order valence-corrected chi connectivity index (χ1v) is 9.75. The lowest BCUT2D eigenvalue weighted by atomic mass is 10.0. The van der Waals surface area contributed by atoms with Gasteiger partial charge in [-0.2, -0.15) is 0 Å². The van der Waals surface area contributed by atoms with Crippen molar-refractivity contribution in [1.29, 1.82) is 0 Å². The first-order valence-electron chi connectivity index (χ1n) is 9.37. The summed E-state index contributed by atoms with van der Waals surface area (Å²) in [7, 11) is 0. The zero-order chi connectivity index (χ0) is 20.7. The molecule has 1 N–H and O–H groups in total. The lowest BCUT2D eigenvalue weighted by molar-refractivity contribution is 0.171. The summed E-state index contributed by atoms with van der Waals surface area (Å²) < 4.78 is 12.6. The summed E-state index contributed by atoms with van der Waals surface area (Å²) in [5.41, 5.74) is 1.38. The molecule has 1 aliphatic rings. The molecule has 0 saturated carbocycles. The van der Waals surface area contributed by atoms with E-state index in [0.717, 1.165) is 5.56 Å². The molecule has 0 radical (unpaired) electrons. The molecular formula is C22H16ClN3O4. The molecule has 0 atom stereocenters. The molecule has 8 heteroatoms. The van der Waals surface area contributed by atoms with Crippen molar-refractivity contribution < 1.29 is 9.47 Å². The van der Waals surface area contributed by atoms with E-state index in [-0.39, 0.29) is 12.2 Å². The summed E-state index contributed by atoms with van der Waals surface area (Å²) in [5.74, 6) is 1.30. The van der Waals surface area contributed by atoms with Gasteiger partial charge in [-0.1, -0.05) is 35.9 Å². The molecule has 7 nitrogen and oxygen atoms in total. The van der Waals surface area contributed by atoms with Gasteiger partial charge in [0, 0.05) is 22.3 Å². The van der Waals surface area contributed by atoms with Crippen LogP contribution in [0.2, 0.25) is 5.02 Å². The molecule has 5 rings (SSSR count). The van der Waals surface area contributed by atoms with Gasteiger partial charge in [0.05, 0.1) is 11.9 Å². The van der Waals surface area contributed by atoms with Crippen LogP contribution in [0.5, 0.6) is 11.5 Å². The van der Waals surface area contributed by atoms with E-state index >= 15 is 0 Å². The molecule has 2 aromatic heterocycles. The van der Waals surface area contributed by atoms with Crippen LogP contribution in [0, 0.1) is 0 Å². The summed E-state index contributed by atoms with van der Waals surface area (Å²) >= 11 is 6.35. The average molecular weight is 422 g/mol. The smallest absolute Gasteiger partial charge is 0.330 e. The predicted octanol–water partition coefficient (Wildman–Crippen LogP) is 3.22. The van der Waals surface area contributed by atoms with E-state index in [1.165, 1.54) is 4.57 Å². The average Bonchev–Trinajstić information content (AvgIpc) is 2.76. The molecule has 1 aliphatic heterocycles. The second kappa shape index (κ2) is 7.35. The number of ether oxygens (including phenoxy) is 2. The fourth-order valence-electron chi connectivity index (χ4n) is 3.62.